The van der Waals surface area contributed by atoms with Gasteiger partial charge in [-0.15, -0.1) is 0 Å². The van der Waals surface area contributed by atoms with E-state index in [1.165, 1.54) is 37.2 Å². The average molecular weight is 301 g/mol. The van der Waals surface area contributed by atoms with E-state index in [1.54, 1.807) is 0 Å². The molecular weight excluding hydrogens is 274 g/mol. The quantitative estimate of drug-likeness (QED) is 0.926. The molecule has 0 spiro atoms. The second-order valence-electron chi connectivity index (χ2n) is 6.68. The predicted octanol–water partition coefficient (Wildman–Crippen LogP) is 2.24. The maximum Gasteiger partial charge on any atom is 0.224 e. The molecule has 2 saturated heterocycles. The third-order valence-electron chi connectivity index (χ3n) is 4.87. The fraction of sp³-hybridized carbons (Fsp3) is 0.611. The number of rotatable bonds is 4. The molecule has 1 N–H and O–H groups in total. The summed E-state index contributed by atoms with van der Waals surface area (Å²) in [5, 5.41) is 3.10. The van der Waals surface area contributed by atoms with Gasteiger partial charge in [0.2, 0.25) is 5.91 Å². The Bertz CT molecular complexity index is 494. The van der Waals surface area contributed by atoms with E-state index < -0.39 is 0 Å². The van der Waals surface area contributed by atoms with Crippen LogP contribution in [0.3, 0.4) is 0 Å². The Labute approximate surface area is 133 Å². The highest BCUT2D eigenvalue weighted by atomic mass is 16.1. The lowest BCUT2D eigenvalue weighted by molar-refractivity contribution is -0.126. The molecule has 2 fully saturated rings. The molecule has 120 valence electrons. The summed E-state index contributed by atoms with van der Waals surface area (Å²) < 4.78 is 0. The zero-order chi connectivity index (χ0) is 15.4. The monoisotopic (exact) mass is 301 g/mol. The molecule has 3 rings (SSSR count). The molecule has 22 heavy (non-hydrogen) atoms. The SMILES string of the molecule is CN1CCCC(C(=O)NCc2ccc(N3CCCC3)cc2)C1. The molecule has 2 heterocycles. The number of carbonyl (C=O) groups excluding carboxylic acids is 1. The summed E-state index contributed by atoms with van der Waals surface area (Å²) in [7, 11) is 2.09. The van der Waals surface area contributed by atoms with E-state index >= 15 is 0 Å². The minimum atomic E-state index is 0.155. The molecule has 0 radical (unpaired) electrons. The van der Waals surface area contributed by atoms with Crippen LogP contribution in [0.5, 0.6) is 0 Å². The summed E-state index contributed by atoms with van der Waals surface area (Å²) in [5.74, 6) is 0.359. The highest BCUT2D eigenvalue weighted by Crippen LogP contribution is 2.20. The molecule has 1 atom stereocenters. The number of nitrogens with one attached hydrogen (secondary N) is 1. The molecule has 0 bridgehead atoms. The first-order chi connectivity index (χ1) is 10.7. The number of nitrogens with zero attached hydrogens (tertiary/aromatic N) is 2. The van der Waals surface area contributed by atoms with Gasteiger partial charge in [-0.2, -0.15) is 0 Å². The van der Waals surface area contributed by atoms with Crippen molar-refractivity contribution in [3.8, 4) is 0 Å². The van der Waals surface area contributed by atoms with Gasteiger partial charge < -0.3 is 15.1 Å². The number of anilines is 1. The predicted molar refractivity (Wildman–Crippen MR) is 90.0 cm³/mol. The second-order valence-corrected chi connectivity index (χ2v) is 6.68. The summed E-state index contributed by atoms with van der Waals surface area (Å²) >= 11 is 0. The molecule has 1 aromatic rings. The van der Waals surface area contributed by atoms with Gasteiger partial charge in [-0.05, 0) is 57.0 Å². The van der Waals surface area contributed by atoms with E-state index in [0.717, 1.165) is 25.9 Å². The fourth-order valence-corrected chi connectivity index (χ4v) is 3.51. The van der Waals surface area contributed by atoms with E-state index in [4.69, 9.17) is 0 Å². The highest BCUT2D eigenvalue weighted by molar-refractivity contribution is 5.79. The van der Waals surface area contributed by atoms with Crippen LogP contribution in [0, 0.1) is 5.92 Å². The van der Waals surface area contributed by atoms with Crippen molar-refractivity contribution >= 4 is 11.6 Å². The van der Waals surface area contributed by atoms with Crippen LogP contribution >= 0.6 is 0 Å². The van der Waals surface area contributed by atoms with Crippen molar-refractivity contribution in [1.82, 2.24) is 10.2 Å². The standard InChI is InChI=1S/C18H27N3O/c1-20-10-4-5-16(14-20)18(22)19-13-15-6-8-17(9-7-15)21-11-2-3-12-21/h6-9,16H,2-5,10-14H2,1H3,(H,19,22). The largest absolute Gasteiger partial charge is 0.372 e. The van der Waals surface area contributed by atoms with Gasteiger partial charge in [-0.3, -0.25) is 4.79 Å². The Morgan fingerprint density at radius 2 is 1.86 bits per heavy atom. The number of carbonyl (C=O) groups is 1. The summed E-state index contributed by atoms with van der Waals surface area (Å²) in [6.45, 7) is 4.98. The van der Waals surface area contributed by atoms with Gasteiger partial charge in [0.1, 0.15) is 0 Å². The highest BCUT2D eigenvalue weighted by Gasteiger charge is 2.23. The summed E-state index contributed by atoms with van der Waals surface area (Å²) in [6.07, 6.45) is 4.74. The Kier molecular flexibility index (Phi) is 4.98. The maximum atomic E-state index is 12.2. The van der Waals surface area contributed by atoms with Gasteiger partial charge in [0.25, 0.3) is 0 Å². The number of hydrogen-bond donors (Lipinski definition) is 1. The number of hydrogen-bond acceptors (Lipinski definition) is 3. The molecule has 0 aliphatic carbocycles. The molecular formula is C18H27N3O. The normalized spacial score (nSPS) is 22.8. The number of likely N-dealkylation sites (tertiary alicyclic amines) is 1. The van der Waals surface area contributed by atoms with E-state index in [1.807, 2.05) is 0 Å². The smallest absolute Gasteiger partial charge is 0.224 e. The first kappa shape index (κ1) is 15.3. The van der Waals surface area contributed by atoms with Crippen LogP contribution in [0.4, 0.5) is 5.69 Å². The molecule has 1 aromatic carbocycles. The first-order valence-corrected chi connectivity index (χ1v) is 8.52. The van der Waals surface area contributed by atoms with E-state index in [0.29, 0.717) is 6.54 Å². The van der Waals surface area contributed by atoms with Crippen LogP contribution in [0.1, 0.15) is 31.2 Å². The number of benzene rings is 1. The van der Waals surface area contributed by atoms with E-state index in [2.05, 4.69) is 46.4 Å². The molecule has 1 amide bonds. The number of amides is 1. The number of piperidine rings is 1. The van der Waals surface area contributed by atoms with Crippen molar-refractivity contribution < 1.29 is 4.79 Å². The van der Waals surface area contributed by atoms with Gasteiger partial charge in [0.15, 0.2) is 0 Å². The molecule has 4 heteroatoms. The van der Waals surface area contributed by atoms with Crippen molar-refractivity contribution in [3.63, 3.8) is 0 Å². The minimum absolute atomic E-state index is 0.155. The molecule has 2 aliphatic rings. The Balaban J connectivity index is 1.49. The molecule has 2 aliphatic heterocycles. The van der Waals surface area contributed by atoms with Crippen LogP contribution in [-0.2, 0) is 11.3 Å². The Hall–Kier alpha value is -1.55. The summed E-state index contributed by atoms with van der Waals surface area (Å²) in [4.78, 5) is 16.9. The third kappa shape index (κ3) is 3.80. The third-order valence-corrected chi connectivity index (χ3v) is 4.87. The first-order valence-electron chi connectivity index (χ1n) is 8.52. The van der Waals surface area contributed by atoms with Crippen LogP contribution in [0.15, 0.2) is 24.3 Å². The average Bonchev–Trinajstić information content (AvgIpc) is 3.07. The summed E-state index contributed by atoms with van der Waals surface area (Å²) in [6, 6.07) is 8.64. The van der Waals surface area contributed by atoms with E-state index in [-0.39, 0.29) is 11.8 Å². The van der Waals surface area contributed by atoms with Crippen molar-refractivity contribution in [2.75, 3.05) is 38.1 Å². The molecule has 1 unspecified atom stereocenters. The second kappa shape index (κ2) is 7.14. The lowest BCUT2D eigenvalue weighted by atomic mass is 9.97. The van der Waals surface area contributed by atoms with Crippen molar-refractivity contribution in [1.29, 1.82) is 0 Å². The zero-order valence-electron chi connectivity index (χ0n) is 13.6. The lowest BCUT2D eigenvalue weighted by Crippen LogP contribution is -2.41. The maximum absolute atomic E-state index is 12.2. The van der Waals surface area contributed by atoms with E-state index in [9.17, 15) is 4.79 Å². The van der Waals surface area contributed by atoms with Gasteiger partial charge in [-0.1, -0.05) is 12.1 Å². The van der Waals surface area contributed by atoms with Crippen molar-refractivity contribution in [2.24, 2.45) is 5.92 Å². The van der Waals surface area contributed by atoms with Crippen LogP contribution in [0.25, 0.3) is 0 Å². The van der Waals surface area contributed by atoms with Gasteiger partial charge in [-0.25, -0.2) is 0 Å². The van der Waals surface area contributed by atoms with Crippen molar-refractivity contribution in [2.45, 2.75) is 32.2 Å². The zero-order valence-corrected chi connectivity index (χ0v) is 13.6. The lowest BCUT2D eigenvalue weighted by Gasteiger charge is -2.28. The topological polar surface area (TPSA) is 35.6 Å². The summed E-state index contributed by atoms with van der Waals surface area (Å²) in [5.41, 5.74) is 2.49. The molecule has 0 saturated carbocycles. The minimum Gasteiger partial charge on any atom is -0.372 e. The molecule has 4 nitrogen and oxygen atoms in total. The van der Waals surface area contributed by atoms with Crippen molar-refractivity contribution in [3.05, 3.63) is 29.8 Å². The Morgan fingerprint density at radius 3 is 2.55 bits per heavy atom. The van der Waals surface area contributed by atoms with Gasteiger partial charge in [0, 0.05) is 31.9 Å². The fourth-order valence-electron chi connectivity index (χ4n) is 3.51. The van der Waals surface area contributed by atoms with Crippen LogP contribution < -0.4 is 10.2 Å². The Morgan fingerprint density at radius 1 is 1.14 bits per heavy atom. The van der Waals surface area contributed by atoms with Crippen LogP contribution in [0.2, 0.25) is 0 Å². The molecule has 0 aromatic heterocycles. The van der Waals surface area contributed by atoms with Crippen LogP contribution in [-0.4, -0.2) is 44.0 Å². The van der Waals surface area contributed by atoms with Gasteiger partial charge >= 0.3 is 0 Å². The van der Waals surface area contributed by atoms with Gasteiger partial charge in [0.05, 0.1) is 5.92 Å².